The largest absolute Gasteiger partial charge is 0.350 e. The molecule has 2 amide bonds. The third-order valence-corrected chi connectivity index (χ3v) is 6.40. The first kappa shape index (κ1) is 22.2. The van der Waals surface area contributed by atoms with Crippen molar-refractivity contribution in [3.05, 3.63) is 64.9 Å². The molecular weight excluding hydrogens is 433 g/mol. The van der Waals surface area contributed by atoms with Gasteiger partial charge in [-0.3, -0.25) is 14.5 Å². The first-order chi connectivity index (χ1) is 14.0. The fourth-order valence-corrected chi connectivity index (χ4v) is 4.33. The van der Waals surface area contributed by atoms with Crippen LogP contribution in [0, 0.1) is 5.82 Å². The van der Waals surface area contributed by atoms with Gasteiger partial charge in [-0.1, -0.05) is 23.7 Å². The molecule has 30 heavy (non-hydrogen) atoms. The highest BCUT2D eigenvalue weighted by Crippen LogP contribution is 2.30. The number of rotatable bonds is 5. The van der Waals surface area contributed by atoms with E-state index in [-0.39, 0.29) is 13.1 Å². The molecule has 0 saturated carbocycles. The van der Waals surface area contributed by atoms with Crippen LogP contribution in [0.2, 0.25) is 5.02 Å². The zero-order valence-electron chi connectivity index (χ0n) is 16.4. The topological polar surface area (TPSA) is 86.8 Å². The predicted molar refractivity (Wildman–Crippen MR) is 112 cm³/mol. The standard InChI is InChI=1S/C20H21ClFN3O4S/c1-20(19(27)23-11-14-3-5-15(21)6-4-14)13-24(30(2,28)29)12-18(26)25(20)17-9-7-16(22)8-10-17/h3-10H,11-13H2,1-2H3,(H,23,27)/t20-/m0/s1. The first-order valence-corrected chi connectivity index (χ1v) is 11.3. The molecule has 1 aliphatic rings. The summed E-state index contributed by atoms with van der Waals surface area (Å²) in [5, 5.41) is 3.32. The van der Waals surface area contributed by atoms with Gasteiger partial charge in [0.2, 0.25) is 21.8 Å². The molecule has 2 aromatic rings. The van der Waals surface area contributed by atoms with E-state index in [1.165, 1.54) is 36.1 Å². The number of hydrogen-bond donors (Lipinski definition) is 1. The molecule has 1 saturated heterocycles. The van der Waals surface area contributed by atoms with Crippen LogP contribution in [0.15, 0.2) is 48.5 Å². The zero-order chi connectivity index (χ0) is 22.1. The quantitative estimate of drug-likeness (QED) is 0.751. The highest BCUT2D eigenvalue weighted by Gasteiger charge is 2.50. The average Bonchev–Trinajstić information content (AvgIpc) is 2.67. The normalized spacial score (nSPS) is 20.3. The van der Waals surface area contributed by atoms with Gasteiger partial charge >= 0.3 is 0 Å². The Morgan fingerprint density at radius 2 is 1.77 bits per heavy atom. The number of nitrogens with one attached hydrogen (secondary N) is 1. The number of nitrogens with zero attached hydrogens (tertiary/aromatic N) is 2. The smallest absolute Gasteiger partial charge is 0.247 e. The van der Waals surface area contributed by atoms with Crippen molar-refractivity contribution < 1.29 is 22.4 Å². The van der Waals surface area contributed by atoms with Crippen LogP contribution in [-0.4, -0.2) is 49.4 Å². The van der Waals surface area contributed by atoms with E-state index < -0.39 is 39.7 Å². The van der Waals surface area contributed by atoms with Gasteiger partial charge < -0.3 is 5.32 Å². The summed E-state index contributed by atoms with van der Waals surface area (Å²) in [5.41, 5.74) is -0.451. The molecule has 1 heterocycles. The van der Waals surface area contributed by atoms with Crippen molar-refractivity contribution >= 4 is 39.1 Å². The summed E-state index contributed by atoms with van der Waals surface area (Å²) in [4.78, 5) is 27.3. The van der Waals surface area contributed by atoms with Crippen LogP contribution in [0.3, 0.4) is 0 Å². The molecule has 0 spiro atoms. The second-order valence-electron chi connectivity index (χ2n) is 7.32. The molecule has 0 aliphatic carbocycles. The Labute approximate surface area is 179 Å². The Kier molecular flexibility index (Phi) is 6.16. The van der Waals surface area contributed by atoms with Crippen LogP contribution in [0.25, 0.3) is 0 Å². The molecule has 0 bridgehead atoms. The number of amides is 2. The Hall–Kier alpha value is -2.49. The molecule has 1 aliphatic heterocycles. The van der Waals surface area contributed by atoms with Crippen LogP contribution in [-0.2, 0) is 26.2 Å². The van der Waals surface area contributed by atoms with E-state index in [9.17, 15) is 22.4 Å². The van der Waals surface area contributed by atoms with Crippen LogP contribution in [0.1, 0.15) is 12.5 Å². The average molecular weight is 454 g/mol. The summed E-state index contributed by atoms with van der Waals surface area (Å²) in [5.74, 6) is -1.61. The van der Waals surface area contributed by atoms with Crippen LogP contribution in [0.4, 0.5) is 10.1 Å². The highest BCUT2D eigenvalue weighted by molar-refractivity contribution is 7.88. The number of anilines is 1. The molecule has 10 heteroatoms. The maximum absolute atomic E-state index is 13.4. The van der Waals surface area contributed by atoms with Gasteiger partial charge in [-0.05, 0) is 48.9 Å². The number of sulfonamides is 1. The number of carbonyl (C=O) groups excluding carboxylic acids is 2. The summed E-state index contributed by atoms with van der Waals surface area (Å²) >= 11 is 5.87. The first-order valence-electron chi connectivity index (χ1n) is 9.07. The lowest BCUT2D eigenvalue weighted by Crippen LogP contribution is -2.70. The van der Waals surface area contributed by atoms with Crippen LogP contribution in [0.5, 0.6) is 0 Å². The number of benzene rings is 2. The van der Waals surface area contributed by atoms with Crippen molar-refractivity contribution in [3.63, 3.8) is 0 Å². The van der Waals surface area contributed by atoms with Gasteiger partial charge in [0, 0.05) is 23.8 Å². The lowest BCUT2D eigenvalue weighted by Gasteiger charge is -2.46. The SMILES string of the molecule is C[C@@]1(C(=O)NCc2ccc(Cl)cc2)CN(S(C)(=O)=O)CC(=O)N1c1ccc(F)cc1. The molecule has 2 aromatic carbocycles. The number of hydrogen-bond acceptors (Lipinski definition) is 4. The second-order valence-corrected chi connectivity index (χ2v) is 9.74. The lowest BCUT2D eigenvalue weighted by molar-refractivity contribution is -0.133. The second kappa shape index (κ2) is 8.33. The van der Waals surface area contributed by atoms with Gasteiger partial charge in [0.05, 0.1) is 12.8 Å². The maximum atomic E-state index is 13.4. The molecule has 1 N–H and O–H groups in total. The van der Waals surface area contributed by atoms with Gasteiger partial charge in [-0.25, -0.2) is 12.8 Å². The van der Waals surface area contributed by atoms with E-state index in [1.54, 1.807) is 24.3 Å². The molecule has 0 aromatic heterocycles. The Morgan fingerprint density at radius 3 is 2.33 bits per heavy atom. The van der Waals surface area contributed by atoms with E-state index in [0.29, 0.717) is 10.7 Å². The van der Waals surface area contributed by atoms with Gasteiger partial charge in [-0.15, -0.1) is 0 Å². The fourth-order valence-electron chi connectivity index (χ4n) is 3.37. The fraction of sp³-hybridized carbons (Fsp3) is 0.300. The highest BCUT2D eigenvalue weighted by atomic mass is 35.5. The number of halogens is 2. The summed E-state index contributed by atoms with van der Waals surface area (Å²) in [6.07, 6.45) is 0.986. The van der Waals surface area contributed by atoms with Crippen molar-refractivity contribution in [3.8, 4) is 0 Å². The minimum atomic E-state index is -3.72. The summed E-state index contributed by atoms with van der Waals surface area (Å²) < 4.78 is 38.6. The van der Waals surface area contributed by atoms with Crippen molar-refractivity contribution in [2.24, 2.45) is 0 Å². The molecule has 0 radical (unpaired) electrons. The van der Waals surface area contributed by atoms with E-state index in [0.717, 1.165) is 16.1 Å². The molecule has 3 rings (SSSR count). The Morgan fingerprint density at radius 1 is 1.17 bits per heavy atom. The summed E-state index contributed by atoms with van der Waals surface area (Å²) in [6.45, 7) is 1.01. The number of piperazine rings is 1. The number of carbonyl (C=O) groups is 2. The molecule has 160 valence electrons. The molecular formula is C20H21ClFN3O4S. The minimum Gasteiger partial charge on any atom is -0.350 e. The van der Waals surface area contributed by atoms with Gasteiger partial charge in [0.25, 0.3) is 0 Å². The van der Waals surface area contributed by atoms with Crippen molar-refractivity contribution in [2.75, 3.05) is 24.2 Å². The maximum Gasteiger partial charge on any atom is 0.247 e. The third-order valence-electron chi connectivity index (χ3n) is 4.95. The van der Waals surface area contributed by atoms with E-state index in [4.69, 9.17) is 11.6 Å². The summed E-state index contributed by atoms with van der Waals surface area (Å²) in [6, 6.07) is 12.0. The monoisotopic (exact) mass is 453 g/mol. The van der Waals surface area contributed by atoms with Crippen molar-refractivity contribution in [1.82, 2.24) is 9.62 Å². The molecule has 7 nitrogen and oxygen atoms in total. The Bertz CT molecular complexity index is 1060. The Balaban J connectivity index is 1.93. The predicted octanol–water partition coefficient (Wildman–Crippen LogP) is 2.16. The molecule has 1 atom stereocenters. The van der Waals surface area contributed by atoms with Crippen LogP contribution < -0.4 is 10.2 Å². The minimum absolute atomic E-state index is 0.163. The van der Waals surface area contributed by atoms with Crippen molar-refractivity contribution in [1.29, 1.82) is 0 Å². The lowest BCUT2D eigenvalue weighted by atomic mass is 9.94. The van der Waals surface area contributed by atoms with Gasteiger partial charge in [0.15, 0.2) is 0 Å². The van der Waals surface area contributed by atoms with Crippen molar-refractivity contribution in [2.45, 2.75) is 19.0 Å². The van der Waals surface area contributed by atoms with Gasteiger partial charge in [0.1, 0.15) is 11.4 Å². The van der Waals surface area contributed by atoms with E-state index >= 15 is 0 Å². The van der Waals surface area contributed by atoms with E-state index in [2.05, 4.69) is 5.32 Å². The summed E-state index contributed by atoms with van der Waals surface area (Å²) in [7, 11) is -3.72. The van der Waals surface area contributed by atoms with E-state index in [1.807, 2.05) is 0 Å². The third kappa shape index (κ3) is 4.63. The molecule has 0 unspecified atom stereocenters. The van der Waals surface area contributed by atoms with Gasteiger partial charge in [-0.2, -0.15) is 4.31 Å². The van der Waals surface area contributed by atoms with Crippen LogP contribution >= 0.6 is 11.6 Å². The molecule has 1 fully saturated rings. The zero-order valence-corrected chi connectivity index (χ0v) is 18.0.